The Hall–Kier alpha value is -2.99. The predicted octanol–water partition coefficient (Wildman–Crippen LogP) is 4.63. The molecular weight excluding hydrogens is 525 g/mol. The Bertz CT molecular complexity index is 1410. The number of nitrogens with one attached hydrogen (secondary N) is 2. The number of sulfonamides is 1. The van der Waals surface area contributed by atoms with Crippen molar-refractivity contribution in [3.8, 4) is 5.75 Å². The number of hydrogen-bond donors (Lipinski definition) is 2. The molecule has 0 spiro atoms. The molecule has 1 aliphatic heterocycles. The third-order valence-corrected chi connectivity index (χ3v) is 9.24. The van der Waals surface area contributed by atoms with Gasteiger partial charge >= 0.3 is 0 Å². The van der Waals surface area contributed by atoms with Crippen molar-refractivity contribution in [3.63, 3.8) is 0 Å². The molecule has 2 aliphatic rings. The number of carbonyl (C=O) groups excluding carboxylic acids is 1. The number of carbonyl (C=O) groups is 1. The van der Waals surface area contributed by atoms with Crippen LogP contribution in [0.5, 0.6) is 5.75 Å². The summed E-state index contributed by atoms with van der Waals surface area (Å²) in [5.41, 5.74) is 1.55. The Labute approximate surface area is 227 Å². The third kappa shape index (κ3) is 6.27. The number of ether oxygens (including phenoxy) is 1. The standard InChI is InChI=1S/C27H36FN5O5S/c1-17-20(16-37-32-17)27(34)31-24(18-8-6-4-3-5-7-9-18)26-29-21-10-11-22(23(28)25(21)30-26)38-19-12-14-33(15-13-19)39(2,35)36/h10-11,16,18-19,24H,3-9,12-15H2,1-2H3,(H,29,30)(H,31,34). The Morgan fingerprint density at radius 2 is 1.85 bits per heavy atom. The van der Waals surface area contributed by atoms with Crippen molar-refractivity contribution in [2.45, 2.75) is 76.9 Å². The fraction of sp³-hybridized carbons (Fsp3) is 0.593. The van der Waals surface area contributed by atoms with E-state index < -0.39 is 21.9 Å². The summed E-state index contributed by atoms with van der Waals surface area (Å²) in [6.07, 6.45) is 10.7. The Morgan fingerprint density at radius 3 is 2.49 bits per heavy atom. The highest BCUT2D eigenvalue weighted by molar-refractivity contribution is 7.88. The number of piperidine rings is 1. The van der Waals surface area contributed by atoms with Gasteiger partial charge in [0.1, 0.15) is 29.3 Å². The molecule has 5 rings (SSSR count). The van der Waals surface area contributed by atoms with Gasteiger partial charge in [-0.3, -0.25) is 4.79 Å². The molecule has 0 bridgehead atoms. The predicted molar refractivity (Wildman–Crippen MR) is 143 cm³/mol. The highest BCUT2D eigenvalue weighted by atomic mass is 32.2. The quantitative estimate of drug-likeness (QED) is 0.430. The molecule has 1 unspecified atom stereocenters. The van der Waals surface area contributed by atoms with Crippen molar-refractivity contribution >= 4 is 27.0 Å². The van der Waals surface area contributed by atoms with E-state index in [1.807, 2.05) is 0 Å². The summed E-state index contributed by atoms with van der Waals surface area (Å²) in [5.74, 6) is -0.126. The molecule has 3 heterocycles. The van der Waals surface area contributed by atoms with Crippen LogP contribution in [0.3, 0.4) is 0 Å². The Balaban J connectivity index is 1.39. The second-order valence-corrected chi connectivity index (χ2v) is 12.7. The second kappa shape index (κ2) is 11.6. The van der Waals surface area contributed by atoms with E-state index >= 15 is 4.39 Å². The topological polar surface area (TPSA) is 130 Å². The zero-order valence-electron chi connectivity index (χ0n) is 22.4. The maximum absolute atomic E-state index is 15.6. The maximum Gasteiger partial charge on any atom is 0.257 e. The number of rotatable bonds is 7. The van der Waals surface area contributed by atoms with Crippen molar-refractivity contribution in [2.24, 2.45) is 5.92 Å². The molecule has 39 heavy (non-hydrogen) atoms. The monoisotopic (exact) mass is 561 g/mol. The summed E-state index contributed by atoms with van der Waals surface area (Å²) in [4.78, 5) is 21.1. The lowest BCUT2D eigenvalue weighted by atomic mass is 9.85. The van der Waals surface area contributed by atoms with Gasteiger partial charge in [0.05, 0.1) is 23.5 Å². The number of imidazole rings is 1. The average molecular weight is 562 g/mol. The first kappa shape index (κ1) is 27.6. The van der Waals surface area contributed by atoms with Crippen molar-refractivity contribution in [1.82, 2.24) is 24.7 Å². The van der Waals surface area contributed by atoms with Gasteiger partial charge in [-0.15, -0.1) is 0 Å². The molecule has 0 radical (unpaired) electrons. The number of H-pyrrole nitrogens is 1. The summed E-state index contributed by atoms with van der Waals surface area (Å²) in [6.45, 7) is 2.40. The van der Waals surface area contributed by atoms with Gasteiger partial charge in [0.25, 0.3) is 5.91 Å². The first-order chi connectivity index (χ1) is 18.7. The fourth-order valence-corrected chi connectivity index (χ4v) is 6.58. The number of fused-ring (bicyclic) bond motifs is 1. The molecule has 2 N–H and O–H groups in total. The van der Waals surface area contributed by atoms with Gasteiger partial charge in [-0.25, -0.2) is 22.1 Å². The van der Waals surface area contributed by atoms with Crippen LogP contribution < -0.4 is 10.1 Å². The number of aromatic amines is 1. The van der Waals surface area contributed by atoms with Crippen LogP contribution in [0, 0.1) is 18.7 Å². The molecule has 10 nitrogen and oxygen atoms in total. The number of aromatic nitrogens is 3. The van der Waals surface area contributed by atoms with Crippen LogP contribution >= 0.6 is 0 Å². The minimum absolute atomic E-state index is 0.0880. The molecule has 1 atom stereocenters. The smallest absolute Gasteiger partial charge is 0.257 e. The molecule has 1 aliphatic carbocycles. The summed E-state index contributed by atoms with van der Waals surface area (Å²) < 4.78 is 51.6. The van der Waals surface area contributed by atoms with Gasteiger partial charge in [-0.2, -0.15) is 0 Å². The summed E-state index contributed by atoms with van der Waals surface area (Å²) in [5, 5.41) is 6.95. The van der Waals surface area contributed by atoms with Crippen molar-refractivity contribution in [1.29, 1.82) is 0 Å². The molecular formula is C27H36FN5O5S. The van der Waals surface area contributed by atoms with Crippen molar-refractivity contribution in [3.05, 3.63) is 41.3 Å². The van der Waals surface area contributed by atoms with Gasteiger partial charge in [0.15, 0.2) is 11.6 Å². The van der Waals surface area contributed by atoms with Crippen LogP contribution in [0.1, 0.15) is 85.7 Å². The fourth-order valence-electron chi connectivity index (χ4n) is 5.70. The molecule has 2 fully saturated rings. The van der Waals surface area contributed by atoms with E-state index in [0.717, 1.165) is 38.5 Å². The molecule has 212 valence electrons. The van der Waals surface area contributed by atoms with E-state index in [1.54, 1.807) is 19.1 Å². The molecule has 3 aromatic rings. The average Bonchev–Trinajstić information content (AvgIpc) is 3.51. The summed E-state index contributed by atoms with van der Waals surface area (Å²) >= 11 is 0. The van der Waals surface area contributed by atoms with Crippen LogP contribution in [0.25, 0.3) is 11.0 Å². The molecule has 1 saturated heterocycles. The zero-order chi connectivity index (χ0) is 27.6. The number of nitrogens with zero attached hydrogens (tertiary/aromatic N) is 3. The molecule has 1 amide bonds. The number of benzene rings is 1. The highest BCUT2D eigenvalue weighted by Crippen LogP contribution is 2.35. The Kier molecular flexibility index (Phi) is 8.22. The third-order valence-electron chi connectivity index (χ3n) is 7.94. The van der Waals surface area contributed by atoms with Crippen LogP contribution in [-0.4, -0.2) is 59.2 Å². The zero-order valence-corrected chi connectivity index (χ0v) is 23.2. The number of hydrogen-bond acceptors (Lipinski definition) is 7. The van der Waals surface area contributed by atoms with E-state index in [1.165, 1.54) is 23.2 Å². The lowest BCUT2D eigenvalue weighted by Gasteiger charge is -2.30. The molecule has 1 aromatic carbocycles. The maximum atomic E-state index is 15.6. The van der Waals surface area contributed by atoms with Crippen molar-refractivity contribution in [2.75, 3.05) is 19.3 Å². The summed E-state index contributed by atoms with van der Waals surface area (Å²) in [7, 11) is -3.25. The first-order valence-electron chi connectivity index (χ1n) is 13.7. The Morgan fingerprint density at radius 1 is 1.15 bits per heavy atom. The minimum Gasteiger partial charge on any atom is -0.487 e. The van der Waals surface area contributed by atoms with E-state index in [-0.39, 0.29) is 29.2 Å². The van der Waals surface area contributed by atoms with E-state index in [4.69, 9.17) is 9.26 Å². The molecule has 12 heteroatoms. The summed E-state index contributed by atoms with van der Waals surface area (Å²) in [6, 6.07) is 2.88. The normalized spacial score (nSPS) is 19.5. The second-order valence-electron chi connectivity index (χ2n) is 10.7. The van der Waals surface area contributed by atoms with E-state index in [2.05, 4.69) is 20.4 Å². The highest BCUT2D eigenvalue weighted by Gasteiger charge is 2.31. The minimum atomic E-state index is -3.25. The first-order valence-corrected chi connectivity index (χ1v) is 15.6. The van der Waals surface area contributed by atoms with Crippen molar-refractivity contribution < 1.29 is 26.9 Å². The largest absolute Gasteiger partial charge is 0.487 e. The SMILES string of the molecule is Cc1nocc1C(=O)NC(c1nc2c(F)c(OC3CCN(S(C)(=O)=O)CC3)ccc2[nH]1)C1CCCCCCC1. The van der Waals surface area contributed by atoms with Gasteiger partial charge < -0.3 is 19.6 Å². The van der Waals surface area contributed by atoms with E-state index in [0.29, 0.717) is 48.5 Å². The van der Waals surface area contributed by atoms with Crippen LogP contribution in [0.2, 0.25) is 0 Å². The van der Waals surface area contributed by atoms with Gasteiger partial charge in [-0.05, 0) is 50.7 Å². The van der Waals surface area contributed by atoms with Gasteiger partial charge in [-0.1, -0.05) is 37.3 Å². The number of halogens is 1. The van der Waals surface area contributed by atoms with Gasteiger partial charge in [0, 0.05) is 13.1 Å². The van der Waals surface area contributed by atoms with Crippen LogP contribution in [0.4, 0.5) is 4.39 Å². The molecule has 1 saturated carbocycles. The number of amides is 1. The van der Waals surface area contributed by atoms with Gasteiger partial charge in [0.2, 0.25) is 10.0 Å². The van der Waals surface area contributed by atoms with Crippen LogP contribution in [-0.2, 0) is 10.0 Å². The number of aryl methyl sites for hydroxylation is 1. The van der Waals surface area contributed by atoms with Crippen LogP contribution in [0.15, 0.2) is 22.9 Å². The lowest BCUT2D eigenvalue weighted by molar-refractivity contribution is 0.0911. The lowest BCUT2D eigenvalue weighted by Crippen LogP contribution is -2.41. The van der Waals surface area contributed by atoms with E-state index in [9.17, 15) is 13.2 Å². The molecule has 2 aromatic heterocycles.